The normalized spacial score (nSPS) is 41.7. The molecule has 4 rings (SSSR count). The zero-order chi connectivity index (χ0) is 12.0. The standard InChI is InChI=1S/C12H22N2O2S/c13-17(15,16)2-1-14-8-11-4-9-3-10(5-11)7-12(14)6-9/h9-12H,1-8H2,(H2,13,15,16). The number of rotatable bonds is 3. The van der Waals surface area contributed by atoms with Crippen LogP contribution in [0.3, 0.4) is 0 Å². The maximum absolute atomic E-state index is 11.1. The average Bonchev–Trinajstić information content (AvgIpc) is 2.39. The Balaban J connectivity index is 1.70. The second-order valence-corrected chi connectivity index (χ2v) is 8.03. The fourth-order valence-corrected chi connectivity index (χ4v) is 4.89. The zero-order valence-electron chi connectivity index (χ0n) is 10.2. The molecule has 5 heteroatoms. The molecule has 98 valence electrons. The average molecular weight is 258 g/mol. The number of primary sulfonamides is 1. The van der Waals surface area contributed by atoms with E-state index in [1.54, 1.807) is 0 Å². The number of fused-ring (bicyclic) bond motifs is 1. The smallest absolute Gasteiger partial charge is 0.210 e. The Morgan fingerprint density at radius 3 is 2.18 bits per heavy atom. The summed E-state index contributed by atoms with van der Waals surface area (Å²) >= 11 is 0. The minimum atomic E-state index is -3.31. The first-order chi connectivity index (χ1) is 7.99. The van der Waals surface area contributed by atoms with Gasteiger partial charge in [-0.2, -0.15) is 0 Å². The van der Waals surface area contributed by atoms with Gasteiger partial charge < -0.3 is 0 Å². The third-order valence-electron chi connectivity index (χ3n) is 4.88. The van der Waals surface area contributed by atoms with Crippen molar-refractivity contribution in [2.45, 2.75) is 38.1 Å². The second kappa shape index (κ2) is 4.21. The van der Waals surface area contributed by atoms with Gasteiger partial charge in [-0.05, 0) is 49.9 Å². The van der Waals surface area contributed by atoms with Gasteiger partial charge in [-0.15, -0.1) is 0 Å². The molecule has 0 amide bonds. The van der Waals surface area contributed by atoms with Crippen LogP contribution in [0.15, 0.2) is 0 Å². The maximum atomic E-state index is 11.1. The first-order valence-electron chi connectivity index (χ1n) is 6.74. The highest BCUT2D eigenvalue weighted by atomic mass is 32.2. The van der Waals surface area contributed by atoms with E-state index in [4.69, 9.17) is 5.14 Å². The van der Waals surface area contributed by atoms with E-state index in [1.165, 1.54) is 32.1 Å². The molecule has 2 N–H and O–H groups in total. The molecule has 0 aromatic carbocycles. The predicted octanol–water partition coefficient (Wildman–Crippen LogP) is 0.785. The lowest BCUT2D eigenvalue weighted by Gasteiger charge is -2.39. The van der Waals surface area contributed by atoms with Gasteiger partial charge in [0.2, 0.25) is 10.0 Å². The lowest BCUT2D eigenvalue weighted by atomic mass is 9.68. The van der Waals surface area contributed by atoms with E-state index in [9.17, 15) is 8.42 Å². The Hall–Kier alpha value is -0.130. The molecule has 2 aliphatic heterocycles. The Morgan fingerprint density at radius 1 is 1.00 bits per heavy atom. The predicted molar refractivity (Wildman–Crippen MR) is 66.9 cm³/mol. The minimum Gasteiger partial charge on any atom is -0.299 e. The third-order valence-corrected chi connectivity index (χ3v) is 5.63. The van der Waals surface area contributed by atoms with Crippen molar-refractivity contribution >= 4 is 10.0 Å². The quantitative estimate of drug-likeness (QED) is 0.814. The molecule has 0 radical (unpaired) electrons. The molecule has 4 nitrogen and oxygen atoms in total. The summed E-state index contributed by atoms with van der Waals surface area (Å²) < 4.78 is 22.2. The summed E-state index contributed by atoms with van der Waals surface area (Å²) in [5.74, 6) is 2.76. The topological polar surface area (TPSA) is 63.4 Å². The summed E-state index contributed by atoms with van der Waals surface area (Å²) in [6.45, 7) is 1.74. The summed E-state index contributed by atoms with van der Waals surface area (Å²) in [5.41, 5.74) is 0. The number of nitrogens with two attached hydrogens (primary N) is 1. The van der Waals surface area contributed by atoms with Crippen molar-refractivity contribution in [3.05, 3.63) is 0 Å². The molecule has 2 aliphatic carbocycles. The first-order valence-corrected chi connectivity index (χ1v) is 8.45. The van der Waals surface area contributed by atoms with Crippen LogP contribution >= 0.6 is 0 Å². The Labute approximate surface area is 104 Å². The van der Waals surface area contributed by atoms with Gasteiger partial charge in [0.1, 0.15) is 0 Å². The van der Waals surface area contributed by atoms with Gasteiger partial charge in [-0.25, -0.2) is 13.6 Å². The van der Waals surface area contributed by atoms with Gasteiger partial charge in [0.25, 0.3) is 0 Å². The molecule has 2 saturated carbocycles. The zero-order valence-corrected chi connectivity index (χ0v) is 11.0. The van der Waals surface area contributed by atoms with Crippen LogP contribution in [0.4, 0.5) is 0 Å². The van der Waals surface area contributed by atoms with Crippen molar-refractivity contribution < 1.29 is 8.42 Å². The fraction of sp³-hybridized carbons (Fsp3) is 1.00. The molecular formula is C12H22N2O2S. The van der Waals surface area contributed by atoms with Gasteiger partial charge in [0.05, 0.1) is 5.75 Å². The number of hydrogen-bond acceptors (Lipinski definition) is 3. The number of sulfonamides is 1. The summed E-state index contributed by atoms with van der Waals surface area (Å²) in [5, 5.41) is 5.11. The molecule has 17 heavy (non-hydrogen) atoms. The summed E-state index contributed by atoms with van der Waals surface area (Å²) in [6.07, 6.45) is 6.75. The van der Waals surface area contributed by atoms with Crippen LogP contribution < -0.4 is 5.14 Å². The van der Waals surface area contributed by atoms with Gasteiger partial charge in [-0.3, -0.25) is 4.90 Å². The lowest BCUT2D eigenvalue weighted by molar-refractivity contribution is 0.129. The monoisotopic (exact) mass is 258 g/mol. The summed E-state index contributed by atoms with van der Waals surface area (Å²) in [4.78, 5) is 2.41. The number of nitrogens with zero attached hydrogens (tertiary/aromatic N) is 1. The van der Waals surface area contributed by atoms with E-state index < -0.39 is 10.0 Å². The Morgan fingerprint density at radius 2 is 1.59 bits per heavy atom. The Bertz CT molecular complexity index is 381. The molecule has 4 fully saturated rings. The first kappa shape index (κ1) is 11.9. The van der Waals surface area contributed by atoms with Gasteiger partial charge >= 0.3 is 0 Å². The van der Waals surface area contributed by atoms with Crippen LogP contribution in [0.1, 0.15) is 32.1 Å². The highest BCUT2D eigenvalue weighted by molar-refractivity contribution is 7.89. The number of hydrogen-bond donors (Lipinski definition) is 1. The van der Waals surface area contributed by atoms with E-state index >= 15 is 0 Å². The van der Waals surface area contributed by atoms with E-state index in [-0.39, 0.29) is 5.75 Å². The van der Waals surface area contributed by atoms with Crippen LogP contribution in [0.5, 0.6) is 0 Å². The maximum Gasteiger partial charge on any atom is 0.210 e. The van der Waals surface area contributed by atoms with Crippen molar-refractivity contribution in [3.63, 3.8) is 0 Å². The molecule has 4 bridgehead atoms. The van der Waals surface area contributed by atoms with E-state index in [0.717, 1.165) is 24.3 Å². The van der Waals surface area contributed by atoms with Gasteiger partial charge in [0.15, 0.2) is 0 Å². The summed E-state index contributed by atoms with van der Waals surface area (Å²) in [7, 11) is -3.31. The molecule has 0 aromatic rings. The lowest BCUT2D eigenvalue weighted by Crippen LogP contribution is -2.41. The highest BCUT2D eigenvalue weighted by Crippen LogP contribution is 2.47. The molecule has 2 atom stereocenters. The largest absolute Gasteiger partial charge is 0.299 e. The third kappa shape index (κ3) is 2.66. The second-order valence-electron chi connectivity index (χ2n) is 6.29. The van der Waals surface area contributed by atoms with Crippen LogP contribution in [-0.2, 0) is 10.0 Å². The SMILES string of the molecule is NS(=O)(=O)CCN1CC2CC3CC(C2)CC1C3. The molecule has 2 heterocycles. The molecule has 4 aliphatic rings. The van der Waals surface area contributed by atoms with Crippen LogP contribution in [0.25, 0.3) is 0 Å². The van der Waals surface area contributed by atoms with Crippen LogP contribution in [0.2, 0.25) is 0 Å². The van der Waals surface area contributed by atoms with Crippen molar-refractivity contribution in [1.29, 1.82) is 0 Å². The van der Waals surface area contributed by atoms with Crippen molar-refractivity contribution in [2.75, 3.05) is 18.8 Å². The van der Waals surface area contributed by atoms with Crippen LogP contribution in [-0.4, -0.2) is 38.2 Å². The van der Waals surface area contributed by atoms with E-state index in [2.05, 4.69) is 4.90 Å². The van der Waals surface area contributed by atoms with Gasteiger partial charge in [-0.1, -0.05) is 0 Å². The highest BCUT2D eigenvalue weighted by Gasteiger charge is 2.42. The fourth-order valence-electron chi connectivity index (χ4n) is 4.40. The van der Waals surface area contributed by atoms with Crippen molar-refractivity contribution in [1.82, 2.24) is 4.90 Å². The van der Waals surface area contributed by atoms with Crippen molar-refractivity contribution in [2.24, 2.45) is 22.9 Å². The molecular weight excluding hydrogens is 236 g/mol. The molecule has 2 unspecified atom stereocenters. The molecule has 0 aromatic heterocycles. The molecule has 2 saturated heterocycles. The molecule has 0 spiro atoms. The van der Waals surface area contributed by atoms with E-state index in [1.807, 2.05) is 0 Å². The van der Waals surface area contributed by atoms with E-state index in [0.29, 0.717) is 12.6 Å². The van der Waals surface area contributed by atoms with Gasteiger partial charge in [0, 0.05) is 19.1 Å². The minimum absolute atomic E-state index is 0.117. The van der Waals surface area contributed by atoms with Crippen molar-refractivity contribution in [3.8, 4) is 0 Å². The van der Waals surface area contributed by atoms with Crippen LogP contribution in [0, 0.1) is 17.8 Å². The summed E-state index contributed by atoms with van der Waals surface area (Å²) in [6, 6.07) is 0.632. The Kier molecular flexibility index (Phi) is 2.96.